The molecule has 1 aromatic rings. The van der Waals surface area contributed by atoms with Gasteiger partial charge in [-0.2, -0.15) is 0 Å². The molecule has 0 bridgehead atoms. The van der Waals surface area contributed by atoms with Crippen LogP contribution in [0.5, 0.6) is 0 Å². The molecule has 0 spiro atoms. The molecule has 0 radical (unpaired) electrons. The first-order valence-corrected chi connectivity index (χ1v) is 6.18. The molecule has 0 aromatic heterocycles. The van der Waals surface area contributed by atoms with E-state index < -0.39 is 17.0 Å². The largest absolute Gasteiger partial charge is 0.481 e. The minimum atomic E-state index is -1.12. The van der Waals surface area contributed by atoms with Crippen LogP contribution >= 0.6 is 0 Å². The summed E-state index contributed by atoms with van der Waals surface area (Å²) in [5.41, 5.74) is -1.22. The zero-order valence-electron chi connectivity index (χ0n) is 10.5. The van der Waals surface area contributed by atoms with Crippen LogP contribution in [-0.2, 0) is 10.4 Å². The summed E-state index contributed by atoms with van der Waals surface area (Å²) >= 11 is 0. The second kappa shape index (κ2) is 4.71. The molecule has 1 saturated heterocycles. The minimum absolute atomic E-state index is 0.229. The highest BCUT2D eigenvalue weighted by Gasteiger charge is 2.46. The van der Waals surface area contributed by atoms with Gasteiger partial charge in [-0.1, -0.05) is 30.3 Å². The molecule has 0 aliphatic carbocycles. The number of hydrogen-bond donors (Lipinski definition) is 3. The quantitative estimate of drug-likeness (QED) is 0.753. The molecule has 1 heterocycles. The number of benzene rings is 1. The highest BCUT2D eigenvalue weighted by Crippen LogP contribution is 2.39. The van der Waals surface area contributed by atoms with Gasteiger partial charge in [-0.3, -0.25) is 4.79 Å². The first kappa shape index (κ1) is 13.1. The van der Waals surface area contributed by atoms with Gasteiger partial charge in [0.05, 0.1) is 11.0 Å². The second-order valence-electron chi connectivity index (χ2n) is 5.33. The van der Waals surface area contributed by atoms with Crippen molar-refractivity contribution < 1.29 is 15.0 Å². The van der Waals surface area contributed by atoms with Gasteiger partial charge in [0, 0.05) is 6.54 Å². The number of carbonyl (C=O) groups is 1. The zero-order chi connectivity index (χ0) is 13.2. The van der Waals surface area contributed by atoms with Crippen LogP contribution in [0.1, 0.15) is 25.3 Å². The van der Waals surface area contributed by atoms with E-state index in [9.17, 15) is 15.0 Å². The Balaban J connectivity index is 2.24. The number of carboxylic acids is 1. The number of carboxylic acid groups (broad SMARTS) is 1. The van der Waals surface area contributed by atoms with Gasteiger partial charge in [0.15, 0.2) is 0 Å². The predicted octanol–water partition coefficient (Wildman–Crippen LogP) is 1.35. The van der Waals surface area contributed by atoms with Crippen LogP contribution in [0.2, 0.25) is 0 Å². The smallest absolute Gasteiger partial charge is 0.311 e. The van der Waals surface area contributed by atoms with E-state index in [2.05, 4.69) is 5.32 Å². The lowest BCUT2D eigenvalue weighted by atomic mass is 9.74. The maximum Gasteiger partial charge on any atom is 0.311 e. The van der Waals surface area contributed by atoms with E-state index in [4.69, 9.17) is 0 Å². The van der Waals surface area contributed by atoms with Crippen LogP contribution in [0, 0.1) is 5.41 Å². The first-order valence-electron chi connectivity index (χ1n) is 6.18. The molecule has 0 saturated carbocycles. The average molecular weight is 249 g/mol. The van der Waals surface area contributed by atoms with Gasteiger partial charge >= 0.3 is 5.97 Å². The third-order valence-corrected chi connectivity index (χ3v) is 3.78. The van der Waals surface area contributed by atoms with Crippen LogP contribution in [0.25, 0.3) is 0 Å². The lowest BCUT2D eigenvalue weighted by Gasteiger charge is -2.33. The summed E-state index contributed by atoms with van der Waals surface area (Å²) in [4.78, 5) is 11.5. The van der Waals surface area contributed by atoms with Crippen molar-refractivity contribution in [3.05, 3.63) is 35.9 Å². The molecule has 1 aromatic carbocycles. The van der Waals surface area contributed by atoms with Gasteiger partial charge in [-0.05, 0) is 31.9 Å². The Morgan fingerprint density at radius 1 is 1.44 bits per heavy atom. The van der Waals surface area contributed by atoms with Crippen molar-refractivity contribution in [2.75, 3.05) is 13.1 Å². The van der Waals surface area contributed by atoms with Crippen molar-refractivity contribution >= 4 is 5.97 Å². The summed E-state index contributed by atoms with van der Waals surface area (Å²) in [5, 5.41) is 23.1. The summed E-state index contributed by atoms with van der Waals surface area (Å²) in [6.45, 7) is 2.80. The fraction of sp³-hybridized carbons (Fsp3) is 0.500. The van der Waals surface area contributed by atoms with E-state index in [0.717, 1.165) is 5.56 Å². The maximum absolute atomic E-state index is 11.5. The Morgan fingerprint density at radius 3 is 2.61 bits per heavy atom. The zero-order valence-corrected chi connectivity index (χ0v) is 10.5. The third-order valence-electron chi connectivity index (χ3n) is 3.78. The molecule has 2 atom stereocenters. The van der Waals surface area contributed by atoms with Crippen molar-refractivity contribution in [3.63, 3.8) is 0 Å². The Bertz CT molecular complexity index is 422. The molecule has 1 aliphatic rings. The Hall–Kier alpha value is -1.39. The summed E-state index contributed by atoms with van der Waals surface area (Å²) in [5.74, 6) is -0.830. The first-order chi connectivity index (χ1) is 8.46. The Morgan fingerprint density at radius 2 is 2.11 bits per heavy atom. The summed E-state index contributed by atoms with van der Waals surface area (Å²) < 4.78 is 0. The molecule has 1 aliphatic heterocycles. The van der Waals surface area contributed by atoms with E-state index >= 15 is 0 Å². The highest BCUT2D eigenvalue weighted by molar-refractivity contribution is 5.75. The number of rotatable bonds is 4. The highest BCUT2D eigenvalue weighted by atomic mass is 16.4. The normalized spacial score (nSPS) is 26.8. The number of nitrogens with one attached hydrogen (secondary N) is 1. The molecule has 0 amide bonds. The number of aliphatic carboxylic acids is 1. The molecule has 4 heteroatoms. The fourth-order valence-electron chi connectivity index (χ4n) is 2.71. The molecule has 4 nitrogen and oxygen atoms in total. The van der Waals surface area contributed by atoms with Gasteiger partial charge in [-0.25, -0.2) is 0 Å². The molecule has 2 rings (SSSR count). The van der Waals surface area contributed by atoms with E-state index in [1.807, 2.05) is 30.3 Å². The molecule has 2 unspecified atom stereocenters. The third kappa shape index (κ3) is 2.40. The summed E-state index contributed by atoms with van der Waals surface area (Å²) in [6.07, 6.45) is 0.789. The number of aliphatic hydroxyl groups is 1. The molecular weight excluding hydrogens is 230 g/mol. The van der Waals surface area contributed by atoms with Gasteiger partial charge in [0.2, 0.25) is 0 Å². The average Bonchev–Trinajstić information content (AvgIpc) is 2.79. The predicted molar refractivity (Wildman–Crippen MR) is 68.2 cm³/mol. The van der Waals surface area contributed by atoms with E-state index in [-0.39, 0.29) is 6.42 Å². The lowest BCUT2D eigenvalue weighted by Crippen LogP contribution is -2.40. The molecule has 3 N–H and O–H groups in total. The lowest BCUT2D eigenvalue weighted by molar-refractivity contribution is -0.152. The fourth-order valence-corrected chi connectivity index (χ4v) is 2.71. The molecule has 18 heavy (non-hydrogen) atoms. The van der Waals surface area contributed by atoms with Crippen LogP contribution in [0.3, 0.4) is 0 Å². The maximum atomic E-state index is 11.5. The number of hydrogen-bond acceptors (Lipinski definition) is 3. The molecule has 1 fully saturated rings. The standard InChI is InChI=1S/C14H19NO3/c1-13(18,11-5-3-2-4-6-11)9-14(12(16)17)7-8-15-10-14/h2-6,15,18H,7-10H2,1H3,(H,16,17). The van der Waals surface area contributed by atoms with Crippen LogP contribution < -0.4 is 5.32 Å². The van der Waals surface area contributed by atoms with Crippen LogP contribution in [-0.4, -0.2) is 29.3 Å². The van der Waals surface area contributed by atoms with Crippen molar-refractivity contribution in [1.82, 2.24) is 5.32 Å². The van der Waals surface area contributed by atoms with Crippen molar-refractivity contribution in [1.29, 1.82) is 0 Å². The topological polar surface area (TPSA) is 69.6 Å². The van der Waals surface area contributed by atoms with Crippen molar-refractivity contribution in [2.45, 2.75) is 25.4 Å². The van der Waals surface area contributed by atoms with E-state index in [1.54, 1.807) is 6.92 Å². The van der Waals surface area contributed by atoms with Gasteiger partial charge in [-0.15, -0.1) is 0 Å². The van der Waals surface area contributed by atoms with Gasteiger partial charge in [0.1, 0.15) is 0 Å². The minimum Gasteiger partial charge on any atom is -0.481 e. The Kier molecular flexibility index (Phi) is 3.41. The van der Waals surface area contributed by atoms with Crippen molar-refractivity contribution in [3.8, 4) is 0 Å². The SMILES string of the molecule is CC(O)(CC1(C(=O)O)CCNC1)c1ccccc1. The van der Waals surface area contributed by atoms with E-state index in [1.165, 1.54) is 0 Å². The van der Waals surface area contributed by atoms with Crippen LogP contribution in [0.15, 0.2) is 30.3 Å². The second-order valence-corrected chi connectivity index (χ2v) is 5.33. The van der Waals surface area contributed by atoms with Crippen molar-refractivity contribution in [2.24, 2.45) is 5.41 Å². The van der Waals surface area contributed by atoms with Crippen LogP contribution in [0.4, 0.5) is 0 Å². The summed E-state index contributed by atoms with van der Waals surface area (Å²) in [6, 6.07) is 9.24. The van der Waals surface area contributed by atoms with E-state index in [0.29, 0.717) is 19.5 Å². The summed E-state index contributed by atoms with van der Waals surface area (Å²) in [7, 11) is 0. The molecular formula is C14H19NO3. The van der Waals surface area contributed by atoms with Gasteiger partial charge < -0.3 is 15.5 Å². The Labute approximate surface area is 107 Å². The molecule has 98 valence electrons. The monoisotopic (exact) mass is 249 g/mol. The van der Waals surface area contributed by atoms with Gasteiger partial charge in [0.25, 0.3) is 0 Å².